The number of hydrogen-bond acceptors (Lipinski definition) is 5. The summed E-state index contributed by atoms with van der Waals surface area (Å²) in [5.74, 6) is 0.0714. The maximum absolute atomic E-state index is 11.1. The molecule has 7 nitrogen and oxygen atoms in total. The smallest absolute Gasteiger partial charge is 0.267 e. The van der Waals surface area contributed by atoms with Crippen LogP contribution in [-0.2, 0) is 10.1 Å². The number of hydrogen-bond donors (Lipinski definition) is 3. The highest BCUT2D eigenvalue weighted by Crippen LogP contribution is 2.19. The van der Waals surface area contributed by atoms with Crippen LogP contribution in [0.15, 0.2) is 17.1 Å². The van der Waals surface area contributed by atoms with E-state index in [9.17, 15) is 18.6 Å². The van der Waals surface area contributed by atoms with Crippen LogP contribution in [0.3, 0.4) is 0 Å². The summed E-state index contributed by atoms with van der Waals surface area (Å²) in [6.45, 7) is 3.85. The lowest BCUT2D eigenvalue weighted by Crippen LogP contribution is -2.56. The molecule has 0 bridgehead atoms. The van der Waals surface area contributed by atoms with E-state index in [0.717, 1.165) is 18.7 Å². The topological polar surface area (TPSA) is 107 Å². The summed E-state index contributed by atoms with van der Waals surface area (Å²) in [7, 11) is -4.25. The van der Waals surface area contributed by atoms with Crippen LogP contribution in [0, 0.1) is 0 Å². The average molecular weight is 490 g/mol. The van der Waals surface area contributed by atoms with Crippen molar-refractivity contribution in [2.24, 2.45) is 4.99 Å². The Hall–Kier alpha value is -0.800. The number of amidine groups is 1. The van der Waals surface area contributed by atoms with Crippen molar-refractivity contribution in [3.05, 3.63) is 12.2 Å². The number of rotatable bonds is 21. The van der Waals surface area contributed by atoms with Crippen molar-refractivity contribution in [2.75, 3.05) is 38.5 Å². The number of nitrogens with zero attached hydrogens (tertiary/aromatic N) is 2. The fourth-order valence-corrected chi connectivity index (χ4v) is 5.28. The molecule has 1 heterocycles. The largest absolute Gasteiger partial charge is 0.390 e. The maximum atomic E-state index is 11.1. The number of unbranched alkanes of at least 4 members (excludes halogenated alkanes) is 13. The van der Waals surface area contributed by atoms with Crippen LogP contribution in [-0.4, -0.2) is 78.1 Å². The van der Waals surface area contributed by atoms with Gasteiger partial charge in [0.2, 0.25) is 5.84 Å². The molecule has 0 radical (unpaired) electrons. The second-order valence-electron chi connectivity index (χ2n) is 9.57. The van der Waals surface area contributed by atoms with E-state index < -0.39 is 22.0 Å². The standard InChI is InChI=1S/C25H48N2O5S/c1-2-3-4-5-6-7-8-9-10-11-12-13-14-15-16-17-25-26-18-19-27(25,20-21-28)22-24(29)23-33(30,31)32/h16-17,24,28-29H,2-15,18-23H2,1H3/p+1/b17-16+. The van der Waals surface area contributed by atoms with E-state index >= 15 is 0 Å². The SMILES string of the molecule is CCCCCCCCCCCCCCC/C=C/C1=NCC[N+]1(CCO)CC(O)CS(=O)(=O)O. The van der Waals surface area contributed by atoms with Crippen molar-refractivity contribution in [3.8, 4) is 0 Å². The van der Waals surface area contributed by atoms with Gasteiger partial charge in [0.1, 0.15) is 31.5 Å². The predicted molar refractivity (Wildman–Crippen MR) is 136 cm³/mol. The van der Waals surface area contributed by atoms with Crippen molar-refractivity contribution in [1.82, 2.24) is 0 Å². The first-order valence-electron chi connectivity index (χ1n) is 13.1. The van der Waals surface area contributed by atoms with Crippen LogP contribution in [0.25, 0.3) is 0 Å². The summed E-state index contributed by atoms with van der Waals surface area (Å²) >= 11 is 0. The molecule has 8 heteroatoms. The molecule has 0 saturated heterocycles. The second kappa shape index (κ2) is 17.6. The molecule has 0 fully saturated rings. The van der Waals surface area contributed by atoms with Gasteiger partial charge in [0, 0.05) is 6.08 Å². The van der Waals surface area contributed by atoms with Gasteiger partial charge < -0.3 is 10.2 Å². The summed E-state index contributed by atoms with van der Waals surface area (Å²) in [5.41, 5.74) is 0. The number of aliphatic hydroxyl groups is 2. The molecule has 0 aromatic carbocycles. The Balaban J connectivity index is 2.21. The van der Waals surface area contributed by atoms with E-state index in [-0.39, 0.29) is 17.6 Å². The highest BCUT2D eigenvalue weighted by atomic mass is 32.2. The summed E-state index contributed by atoms with van der Waals surface area (Å²) in [4.78, 5) is 4.53. The van der Waals surface area contributed by atoms with Crippen molar-refractivity contribution >= 4 is 16.0 Å². The molecule has 0 spiro atoms. The lowest BCUT2D eigenvalue weighted by atomic mass is 10.0. The predicted octanol–water partition coefficient (Wildman–Crippen LogP) is 4.49. The lowest BCUT2D eigenvalue weighted by molar-refractivity contribution is -0.837. The van der Waals surface area contributed by atoms with Gasteiger partial charge in [0.05, 0.1) is 13.2 Å². The van der Waals surface area contributed by atoms with Crippen LogP contribution in [0.5, 0.6) is 0 Å². The molecule has 0 aromatic heterocycles. The minimum absolute atomic E-state index is 0.0791. The Morgan fingerprint density at radius 1 is 0.970 bits per heavy atom. The number of allylic oxidation sites excluding steroid dienone is 1. The number of quaternary nitrogens is 1. The van der Waals surface area contributed by atoms with Crippen molar-refractivity contribution in [2.45, 2.75) is 103 Å². The van der Waals surface area contributed by atoms with Crippen LogP contribution >= 0.6 is 0 Å². The first-order chi connectivity index (χ1) is 15.8. The van der Waals surface area contributed by atoms with Crippen LogP contribution in [0.2, 0.25) is 0 Å². The van der Waals surface area contributed by atoms with Gasteiger partial charge in [-0.2, -0.15) is 8.42 Å². The van der Waals surface area contributed by atoms with E-state index in [1.807, 2.05) is 6.08 Å². The molecule has 2 atom stereocenters. The highest BCUT2D eigenvalue weighted by molar-refractivity contribution is 7.85. The van der Waals surface area contributed by atoms with Gasteiger partial charge in [-0.25, -0.2) is 4.99 Å². The van der Waals surface area contributed by atoms with E-state index in [0.29, 0.717) is 19.6 Å². The van der Waals surface area contributed by atoms with E-state index in [1.165, 1.54) is 77.0 Å². The first-order valence-corrected chi connectivity index (χ1v) is 14.8. The second-order valence-corrected chi connectivity index (χ2v) is 11.1. The third-order valence-electron chi connectivity index (χ3n) is 6.52. The van der Waals surface area contributed by atoms with Gasteiger partial charge in [-0.05, 0) is 12.8 Å². The lowest BCUT2D eigenvalue weighted by Gasteiger charge is -2.34. The third-order valence-corrected chi connectivity index (χ3v) is 7.33. The first kappa shape index (κ1) is 30.2. The maximum Gasteiger partial charge on any atom is 0.267 e. The van der Waals surface area contributed by atoms with Crippen molar-refractivity contribution < 1.29 is 27.7 Å². The number of aliphatic imine (C=N–C) groups is 1. The Labute approximate surface area is 202 Å². The van der Waals surface area contributed by atoms with Gasteiger partial charge in [-0.3, -0.25) is 9.04 Å². The van der Waals surface area contributed by atoms with Crippen LogP contribution in [0.4, 0.5) is 0 Å². The van der Waals surface area contributed by atoms with Gasteiger partial charge >= 0.3 is 0 Å². The van der Waals surface area contributed by atoms with Gasteiger partial charge in [0.25, 0.3) is 10.1 Å². The molecule has 0 aromatic rings. The van der Waals surface area contributed by atoms with E-state index in [4.69, 9.17) is 4.55 Å². The molecule has 33 heavy (non-hydrogen) atoms. The van der Waals surface area contributed by atoms with Crippen molar-refractivity contribution in [3.63, 3.8) is 0 Å². The zero-order valence-electron chi connectivity index (χ0n) is 20.8. The molecule has 0 aliphatic carbocycles. The third kappa shape index (κ3) is 14.3. The molecule has 1 aliphatic rings. The monoisotopic (exact) mass is 489 g/mol. The molecule has 3 N–H and O–H groups in total. The van der Waals surface area contributed by atoms with Crippen LogP contribution in [0.1, 0.15) is 96.8 Å². The molecule has 194 valence electrons. The molecule has 0 amide bonds. The summed E-state index contributed by atoms with van der Waals surface area (Å²) in [6, 6.07) is 0. The Kier molecular flexibility index (Phi) is 16.1. The molecule has 1 rings (SSSR count). The zero-order chi connectivity index (χ0) is 24.4. The summed E-state index contributed by atoms with van der Waals surface area (Å²) in [5, 5.41) is 19.7. The minimum Gasteiger partial charge on any atom is -0.390 e. The Morgan fingerprint density at radius 2 is 1.52 bits per heavy atom. The zero-order valence-corrected chi connectivity index (χ0v) is 21.7. The molecule has 1 aliphatic heterocycles. The van der Waals surface area contributed by atoms with Gasteiger partial charge in [0.15, 0.2) is 0 Å². The molecule has 0 saturated carbocycles. The minimum atomic E-state index is -4.25. The molecular weight excluding hydrogens is 440 g/mol. The fourth-order valence-electron chi connectivity index (χ4n) is 4.69. The van der Waals surface area contributed by atoms with Crippen molar-refractivity contribution in [1.29, 1.82) is 0 Å². The fraction of sp³-hybridized carbons (Fsp3) is 0.880. The molecule has 2 unspecified atom stereocenters. The Bertz CT molecular complexity index is 666. The summed E-state index contributed by atoms with van der Waals surface area (Å²) < 4.78 is 31.4. The van der Waals surface area contributed by atoms with Gasteiger partial charge in [-0.1, -0.05) is 90.0 Å². The molecular formula is C25H49N2O5S+. The average Bonchev–Trinajstić information content (AvgIpc) is 3.11. The number of aliphatic hydroxyl groups excluding tert-OH is 2. The highest BCUT2D eigenvalue weighted by Gasteiger charge is 2.39. The van der Waals surface area contributed by atoms with Crippen LogP contribution < -0.4 is 0 Å². The van der Waals surface area contributed by atoms with E-state index in [2.05, 4.69) is 18.0 Å². The van der Waals surface area contributed by atoms with Gasteiger partial charge in [-0.15, -0.1) is 0 Å². The Morgan fingerprint density at radius 3 is 2.03 bits per heavy atom. The normalized spacial score (nSPS) is 19.9. The summed E-state index contributed by atoms with van der Waals surface area (Å²) in [6.07, 6.45) is 21.1. The van der Waals surface area contributed by atoms with E-state index in [1.54, 1.807) is 0 Å². The quantitative estimate of drug-likeness (QED) is 0.125.